The van der Waals surface area contributed by atoms with E-state index in [9.17, 15) is 5.11 Å². The van der Waals surface area contributed by atoms with Crippen molar-refractivity contribution in [1.29, 1.82) is 0 Å². The molecule has 3 aromatic heterocycles. The SMILES string of the molecule is CCc1cc(-c2cnc3c(N4CCOCC4)nc(-c4cccc(O)c4)nc3c2)no1. The number of morpholine rings is 1. The Kier molecular flexibility index (Phi) is 4.76. The topological polar surface area (TPSA) is 97.4 Å². The molecule has 1 aliphatic heterocycles. The van der Waals surface area contributed by atoms with Crippen LogP contribution in [0.3, 0.4) is 0 Å². The quantitative estimate of drug-likeness (QED) is 0.553. The molecule has 0 saturated carbocycles. The van der Waals surface area contributed by atoms with Crippen molar-refractivity contribution in [3.63, 3.8) is 0 Å². The number of aryl methyl sites for hydroxylation is 1. The molecule has 1 saturated heterocycles. The molecule has 4 aromatic rings. The molecule has 0 bridgehead atoms. The monoisotopic (exact) mass is 403 g/mol. The number of pyridine rings is 1. The zero-order chi connectivity index (χ0) is 20.5. The molecule has 30 heavy (non-hydrogen) atoms. The fraction of sp³-hybridized carbons (Fsp3) is 0.273. The molecule has 0 atom stereocenters. The van der Waals surface area contributed by atoms with Gasteiger partial charge in [0, 0.05) is 42.9 Å². The molecule has 0 radical (unpaired) electrons. The lowest BCUT2D eigenvalue weighted by Crippen LogP contribution is -2.37. The Bertz CT molecular complexity index is 1200. The van der Waals surface area contributed by atoms with Gasteiger partial charge in [-0.1, -0.05) is 24.2 Å². The number of ether oxygens (including phenoxy) is 1. The van der Waals surface area contributed by atoms with Gasteiger partial charge < -0.3 is 19.3 Å². The van der Waals surface area contributed by atoms with Crippen LogP contribution in [0.15, 0.2) is 47.1 Å². The van der Waals surface area contributed by atoms with Crippen LogP contribution in [-0.2, 0) is 11.2 Å². The van der Waals surface area contributed by atoms with Crippen molar-refractivity contribution in [2.24, 2.45) is 0 Å². The molecule has 1 N–H and O–H groups in total. The molecule has 8 heteroatoms. The predicted molar refractivity (Wildman–Crippen MR) is 112 cm³/mol. The summed E-state index contributed by atoms with van der Waals surface area (Å²) >= 11 is 0. The fourth-order valence-electron chi connectivity index (χ4n) is 3.53. The second-order valence-corrected chi connectivity index (χ2v) is 7.14. The summed E-state index contributed by atoms with van der Waals surface area (Å²) in [6.07, 6.45) is 2.56. The Hall–Kier alpha value is -3.52. The number of hydrogen-bond donors (Lipinski definition) is 1. The summed E-state index contributed by atoms with van der Waals surface area (Å²) in [5.74, 6) is 2.30. The van der Waals surface area contributed by atoms with Gasteiger partial charge in [-0.2, -0.15) is 0 Å². The van der Waals surface area contributed by atoms with Crippen molar-refractivity contribution >= 4 is 16.9 Å². The third-order valence-corrected chi connectivity index (χ3v) is 5.14. The Morgan fingerprint density at radius 3 is 2.70 bits per heavy atom. The van der Waals surface area contributed by atoms with Crippen molar-refractivity contribution in [1.82, 2.24) is 20.1 Å². The number of aromatic hydroxyl groups is 1. The Balaban J connectivity index is 1.68. The summed E-state index contributed by atoms with van der Waals surface area (Å²) in [5, 5.41) is 14.1. The average molecular weight is 403 g/mol. The molecular weight excluding hydrogens is 382 g/mol. The normalized spacial score (nSPS) is 14.4. The number of benzene rings is 1. The van der Waals surface area contributed by atoms with Crippen LogP contribution in [0.25, 0.3) is 33.7 Å². The van der Waals surface area contributed by atoms with E-state index >= 15 is 0 Å². The minimum Gasteiger partial charge on any atom is -0.508 e. The number of aromatic nitrogens is 4. The van der Waals surface area contributed by atoms with Gasteiger partial charge in [0.25, 0.3) is 0 Å². The van der Waals surface area contributed by atoms with Gasteiger partial charge >= 0.3 is 0 Å². The summed E-state index contributed by atoms with van der Waals surface area (Å²) in [7, 11) is 0. The molecule has 4 heterocycles. The van der Waals surface area contributed by atoms with Crippen LogP contribution in [-0.4, -0.2) is 51.5 Å². The second-order valence-electron chi connectivity index (χ2n) is 7.14. The largest absolute Gasteiger partial charge is 0.508 e. The van der Waals surface area contributed by atoms with E-state index in [1.165, 1.54) is 0 Å². The number of fused-ring (bicyclic) bond motifs is 1. The van der Waals surface area contributed by atoms with E-state index < -0.39 is 0 Å². The Labute approximate surface area is 173 Å². The number of rotatable bonds is 4. The highest BCUT2D eigenvalue weighted by molar-refractivity contribution is 5.90. The minimum absolute atomic E-state index is 0.172. The van der Waals surface area contributed by atoms with Gasteiger partial charge in [0.05, 0.1) is 18.7 Å². The van der Waals surface area contributed by atoms with E-state index in [4.69, 9.17) is 19.2 Å². The first kappa shape index (κ1) is 18.5. The molecule has 0 unspecified atom stereocenters. The number of phenols is 1. The number of phenolic OH excluding ortho intramolecular Hbond substituents is 1. The first-order valence-electron chi connectivity index (χ1n) is 9.97. The van der Waals surface area contributed by atoms with Gasteiger partial charge in [0.15, 0.2) is 11.6 Å². The van der Waals surface area contributed by atoms with Crippen molar-refractivity contribution in [2.45, 2.75) is 13.3 Å². The smallest absolute Gasteiger partial charge is 0.162 e. The van der Waals surface area contributed by atoms with Crippen LogP contribution in [0.2, 0.25) is 0 Å². The van der Waals surface area contributed by atoms with Crippen LogP contribution < -0.4 is 4.90 Å². The first-order chi connectivity index (χ1) is 14.7. The summed E-state index contributed by atoms with van der Waals surface area (Å²) in [6, 6.07) is 10.8. The highest BCUT2D eigenvalue weighted by Gasteiger charge is 2.20. The van der Waals surface area contributed by atoms with E-state index in [2.05, 4.69) is 15.0 Å². The lowest BCUT2D eigenvalue weighted by Gasteiger charge is -2.28. The van der Waals surface area contributed by atoms with E-state index in [0.717, 1.165) is 53.4 Å². The van der Waals surface area contributed by atoms with E-state index in [-0.39, 0.29) is 5.75 Å². The molecule has 1 fully saturated rings. The van der Waals surface area contributed by atoms with Crippen molar-refractivity contribution in [3.8, 4) is 28.4 Å². The summed E-state index contributed by atoms with van der Waals surface area (Å²) < 4.78 is 10.8. The number of nitrogens with zero attached hydrogens (tertiary/aromatic N) is 5. The lowest BCUT2D eigenvalue weighted by atomic mass is 10.1. The van der Waals surface area contributed by atoms with Crippen LogP contribution in [0, 0.1) is 0 Å². The highest BCUT2D eigenvalue weighted by Crippen LogP contribution is 2.30. The van der Waals surface area contributed by atoms with Gasteiger partial charge in [-0.15, -0.1) is 0 Å². The molecule has 0 amide bonds. The van der Waals surface area contributed by atoms with E-state index in [0.29, 0.717) is 24.6 Å². The average Bonchev–Trinajstić information content (AvgIpc) is 3.28. The van der Waals surface area contributed by atoms with Crippen LogP contribution in [0.5, 0.6) is 5.75 Å². The van der Waals surface area contributed by atoms with Gasteiger partial charge in [-0.3, -0.25) is 0 Å². The lowest BCUT2D eigenvalue weighted by molar-refractivity contribution is 0.122. The zero-order valence-electron chi connectivity index (χ0n) is 16.6. The maximum Gasteiger partial charge on any atom is 0.162 e. The van der Waals surface area contributed by atoms with E-state index in [1.807, 2.05) is 25.1 Å². The molecule has 0 spiro atoms. The molecule has 1 aliphatic rings. The standard InChI is InChI=1S/C22H21N5O3/c1-2-17-12-18(26-30-17)15-11-19-20(23-13-15)22(27-6-8-29-9-7-27)25-21(24-19)14-4-3-5-16(28)10-14/h3-5,10-13,28H,2,6-9H2,1H3. The highest BCUT2D eigenvalue weighted by atomic mass is 16.5. The molecule has 0 aliphatic carbocycles. The maximum atomic E-state index is 9.91. The molecular formula is C22H21N5O3. The van der Waals surface area contributed by atoms with Crippen molar-refractivity contribution in [2.75, 3.05) is 31.2 Å². The van der Waals surface area contributed by atoms with Gasteiger partial charge in [-0.05, 0) is 18.2 Å². The van der Waals surface area contributed by atoms with Gasteiger partial charge in [0.2, 0.25) is 0 Å². The second kappa shape index (κ2) is 7.72. The third kappa shape index (κ3) is 3.46. The van der Waals surface area contributed by atoms with Crippen molar-refractivity contribution in [3.05, 3.63) is 48.4 Å². The predicted octanol–water partition coefficient (Wildman–Crippen LogP) is 3.45. The first-order valence-corrected chi connectivity index (χ1v) is 9.97. The van der Waals surface area contributed by atoms with Crippen LogP contribution >= 0.6 is 0 Å². The van der Waals surface area contributed by atoms with Gasteiger partial charge in [-0.25, -0.2) is 15.0 Å². The molecule has 8 nitrogen and oxygen atoms in total. The zero-order valence-corrected chi connectivity index (χ0v) is 16.6. The molecule has 5 rings (SSSR count). The Morgan fingerprint density at radius 1 is 1.07 bits per heavy atom. The minimum atomic E-state index is 0.172. The van der Waals surface area contributed by atoms with Gasteiger partial charge in [0.1, 0.15) is 22.7 Å². The van der Waals surface area contributed by atoms with E-state index in [1.54, 1.807) is 24.4 Å². The molecule has 152 valence electrons. The summed E-state index contributed by atoms with van der Waals surface area (Å²) in [6.45, 7) is 4.77. The van der Waals surface area contributed by atoms with Crippen molar-refractivity contribution < 1.29 is 14.4 Å². The third-order valence-electron chi connectivity index (χ3n) is 5.14. The van der Waals surface area contributed by atoms with Crippen LogP contribution in [0.1, 0.15) is 12.7 Å². The summed E-state index contributed by atoms with van der Waals surface area (Å²) in [5.41, 5.74) is 3.74. The summed E-state index contributed by atoms with van der Waals surface area (Å²) in [4.78, 5) is 16.4. The number of anilines is 1. The van der Waals surface area contributed by atoms with Crippen LogP contribution in [0.4, 0.5) is 5.82 Å². The Morgan fingerprint density at radius 2 is 1.93 bits per heavy atom. The maximum absolute atomic E-state index is 9.91. The number of hydrogen-bond acceptors (Lipinski definition) is 8. The molecule has 1 aromatic carbocycles. The fourth-order valence-corrected chi connectivity index (χ4v) is 3.53.